The molecule has 0 spiro atoms. The molecule has 138 valence electrons. The predicted molar refractivity (Wildman–Crippen MR) is 102 cm³/mol. The molecule has 0 atom stereocenters. The fraction of sp³-hybridized carbons (Fsp3) is 0.150. The molecule has 1 amide bonds. The van der Waals surface area contributed by atoms with E-state index in [0.29, 0.717) is 17.1 Å². The molecule has 7 heteroatoms. The maximum atomic E-state index is 12.1. The third-order valence-corrected chi connectivity index (χ3v) is 3.84. The summed E-state index contributed by atoms with van der Waals surface area (Å²) in [6.45, 7) is 1.48. The van der Waals surface area contributed by atoms with Crippen molar-refractivity contribution in [1.29, 1.82) is 0 Å². The summed E-state index contributed by atoms with van der Waals surface area (Å²) in [6.07, 6.45) is 3.36. The smallest absolute Gasteiger partial charge is 0.308 e. The van der Waals surface area contributed by atoms with E-state index in [0.717, 1.165) is 10.9 Å². The lowest BCUT2D eigenvalue weighted by atomic mass is 10.2. The van der Waals surface area contributed by atoms with E-state index < -0.39 is 5.97 Å². The Morgan fingerprint density at radius 1 is 1.15 bits per heavy atom. The second-order valence-electron chi connectivity index (χ2n) is 5.80. The number of fused-ring (bicyclic) bond motifs is 1. The van der Waals surface area contributed by atoms with Crippen LogP contribution in [-0.2, 0) is 16.1 Å². The number of nitrogens with zero attached hydrogens (tertiary/aromatic N) is 2. The highest BCUT2D eigenvalue weighted by Crippen LogP contribution is 2.27. The van der Waals surface area contributed by atoms with Crippen molar-refractivity contribution < 1.29 is 19.1 Å². The van der Waals surface area contributed by atoms with Gasteiger partial charge in [-0.05, 0) is 41.3 Å². The second kappa shape index (κ2) is 8.18. The zero-order chi connectivity index (χ0) is 19.2. The van der Waals surface area contributed by atoms with Gasteiger partial charge in [-0.15, -0.1) is 0 Å². The van der Waals surface area contributed by atoms with Gasteiger partial charge in [-0.1, -0.05) is 18.2 Å². The molecule has 0 bridgehead atoms. The molecule has 3 aromatic rings. The van der Waals surface area contributed by atoms with Crippen molar-refractivity contribution in [1.82, 2.24) is 9.99 Å². The summed E-state index contributed by atoms with van der Waals surface area (Å²) in [6, 6.07) is 14.8. The fourth-order valence-electron chi connectivity index (χ4n) is 2.65. The summed E-state index contributed by atoms with van der Waals surface area (Å²) in [5.41, 5.74) is 4.18. The lowest BCUT2D eigenvalue weighted by molar-refractivity contribution is -0.132. The second-order valence-corrected chi connectivity index (χ2v) is 5.80. The highest BCUT2D eigenvalue weighted by atomic mass is 16.6. The molecule has 1 aromatic heterocycles. The molecule has 0 aliphatic rings. The normalized spacial score (nSPS) is 10.9. The molecule has 7 nitrogen and oxygen atoms in total. The Morgan fingerprint density at radius 3 is 2.74 bits per heavy atom. The number of carbonyl (C=O) groups excluding carboxylic acids is 2. The van der Waals surface area contributed by atoms with Crippen molar-refractivity contribution in [2.45, 2.75) is 13.5 Å². The summed E-state index contributed by atoms with van der Waals surface area (Å²) in [4.78, 5) is 23.2. The molecule has 27 heavy (non-hydrogen) atoms. The highest BCUT2D eigenvalue weighted by Gasteiger charge is 2.08. The number of hydrogen-bond acceptors (Lipinski definition) is 5. The van der Waals surface area contributed by atoms with Crippen LogP contribution in [0.5, 0.6) is 11.5 Å². The van der Waals surface area contributed by atoms with Crippen LogP contribution >= 0.6 is 0 Å². The highest BCUT2D eigenvalue weighted by molar-refractivity contribution is 5.85. The maximum Gasteiger partial charge on any atom is 0.308 e. The standard InChI is InChI=1S/C20H19N3O4/c1-14(24)27-18-8-7-15(11-19(18)26-2)12-21-22-20(25)13-23-10-9-16-5-3-4-6-17(16)23/h3-12H,13H2,1-2H3,(H,22,25)/b21-12+. The van der Waals surface area contributed by atoms with Gasteiger partial charge < -0.3 is 14.0 Å². The van der Waals surface area contributed by atoms with Gasteiger partial charge in [0.15, 0.2) is 11.5 Å². The Labute approximate surface area is 156 Å². The van der Waals surface area contributed by atoms with E-state index in [2.05, 4.69) is 10.5 Å². The average molecular weight is 365 g/mol. The molecule has 1 N–H and O–H groups in total. The summed E-state index contributed by atoms with van der Waals surface area (Å²) in [5.74, 6) is 0.0561. The number of nitrogens with one attached hydrogen (secondary N) is 1. The Bertz CT molecular complexity index is 1010. The third kappa shape index (κ3) is 4.52. The quantitative estimate of drug-likeness (QED) is 0.315. The molecule has 2 aromatic carbocycles. The van der Waals surface area contributed by atoms with Crippen molar-refractivity contribution in [3.05, 3.63) is 60.3 Å². The zero-order valence-electron chi connectivity index (χ0n) is 15.0. The zero-order valence-corrected chi connectivity index (χ0v) is 15.0. The van der Waals surface area contributed by atoms with Crippen molar-refractivity contribution in [3.63, 3.8) is 0 Å². The Kier molecular flexibility index (Phi) is 5.51. The molecule has 1 heterocycles. The number of ether oxygens (including phenoxy) is 2. The van der Waals surface area contributed by atoms with Gasteiger partial charge >= 0.3 is 5.97 Å². The molecule has 0 aliphatic carbocycles. The van der Waals surface area contributed by atoms with Crippen LogP contribution in [0.1, 0.15) is 12.5 Å². The summed E-state index contributed by atoms with van der Waals surface area (Å²) >= 11 is 0. The van der Waals surface area contributed by atoms with E-state index in [1.165, 1.54) is 20.2 Å². The minimum Gasteiger partial charge on any atom is -0.493 e. The minimum atomic E-state index is -0.431. The SMILES string of the molecule is COc1cc(/C=N/NC(=O)Cn2ccc3ccccc32)ccc1OC(C)=O. The van der Waals surface area contributed by atoms with E-state index in [1.54, 1.807) is 18.2 Å². The fourth-order valence-corrected chi connectivity index (χ4v) is 2.65. The van der Waals surface area contributed by atoms with Crippen LogP contribution in [0.4, 0.5) is 0 Å². The predicted octanol–water partition coefficient (Wildman–Crippen LogP) is 2.73. The number of para-hydroxylation sites is 1. The molecule has 0 fully saturated rings. The van der Waals surface area contributed by atoms with Crippen LogP contribution < -0.4 is 14.9 Å². The third-order valence-electron chi connectivity index (χ3n) is 3.84. The number of benzene rings is 2. The molecule has 0 saturated carbocycles. The largest absolute Gasteiger partial charge is 0.493 e. The molecule has 0 unspecified atom stereocenters. The number of amides is 1. The number of rotatable bonds is 6. The van der Waals surface area contributed by atoms with Crippen molar-refractivity contribution in [3.8, 4) is 11.5 Å². The van der Waals surface area contributed by atoms with Crippen LogP contribution in [0.15, 0.2) is 59.8 Å². The van der Waals surface area contributed by atoms with Gasteiger partial charge in [0, 0.05) is 18.6 Å². The van der Waals surface area contributed by atoms with E-state index in [-0.39, 0.29) is 12.5 Å². The van der Waals surface area contributed by atoms with Crippen molar-refractivity contribution in [2.24, 2.45) is 5.10 Å². The first-order chi connectivity index (χ1) is 13.1. The van der Waals surface area contributed by atoms with E-state index in [1.807, 2.05) is 41.1 Å². The number of hydrazone groups is 1. The number of hydrogen-bond donors (Lipinski definition) is 1. The summed E-state index contributed by atoms with van der Waals surface area (Å²) < 4.78 is 12.1. The molecule has 0 saturated heterocycles. The van der Waals surface area contributed by atoms with Gasteiger partial charge in [0.25, 0.3) is 5.91 Å². The first-order valence-electron chi connectivity index (χ1n) is 8.29. The van der Waals surface area contributed by atoms with Gasteiger partial charge in [-0.3, -0.25) is 9.59 Å². The lowest BCUT2D eigenvalue weighted by Gasteiger charge is -2.08. The van der Waals surface area contributed by atoms with E-state index in [9.17, 15) is 9.59 Å². The topological polar surface area (TPSA) is 81.9 Å². The van der Waals surface area contributed by atoms with Crippen LogP contribution in [0, 0.1) is 0 Å². The van der Waals surface area contributed by atoms with Crippen LogP contribution in [0.25, 0.3) is 10.9 Å². The minimum absolute atomic E-state index is 0.166. The molecule has 0 radical (unpaired) electrons. The van der Waals surface area contributed by atoms with E-state index >= 15 is 0 Å². The van der Waals surface area contributed by atoms with Gasteiger partial charge in [0.1, 0.15) is 6.54 Å². The summed E-state index contributed by atoms with van der Waals surface area (Å²) in [5, 5.41) is 5.04. The summed E-state index contributed by atoms with van der Waals surface area (Å²) in [7, 11) is 1.48. The number of aromatic nitrogens is 1. The first kappa shape index (κ1) is 18.2. The maximum absolute atomic E-state index is 12.1. The van der Waals surface area contributed by atoms with Crippen molar-refractivity contribution in [2.75, 3.05) is 7.11 Å². The van der Waals surface area contributed by atoms with Crippen LogP contribution in [0.2, 0.25) is 0 Å². The van der Waals surface area contributed by atoms with Crippen LogP contribution in [-0.4, -0.2) is 29.8 Å². The Balaban J connectivity index is 1.63. The molecular formula is C20H19N3O4. The first-order valence-corrected chi connectivity index (χ1v) is 8.29. The van der Waals surface area contributed by atoms with Gasteiger partial charge in [0.05, 0.1) is 13.3 Å². The number of carbonyl (C=O) groups is 2. The lowest BCUT2D eigenvalue weighted by Crippen LogP contribution is -2.22. The number of methoxy groups -OCH3 is 1. The molecular weight excluding hydrogens is 346 g/mol. The van der Waals surface area contributed by atoms with Crippen LogP contribution in [0.3, 0.4) is 0 Å². The van der Waals surface area contributed by atoms with E-state index in [4.69, 9.17) is 9.47 Å². The number of esters is 1. The average Bonchev–Trinajstić information content (AvgIpc) is 3.05. The van der Waals surface area contributed by atoms with Gasteiger partial charge in [-0.25, -0.2) is 5.43 Å². The Hall–Kier alpha value is -3.61. The van der Waals surface area contributed by atoms with Crippen molar-refractivity contribution >= 4 is 29.0 Å². The molecule has 0 aliphatic heterocycles. The molecule has 3 rings (SSSR count). The van der Waals surface area contributed by atoms with Gasteiger partial charge in [0.2, 0.25) is 0 Å². The Morgan fingerprint density at radius 2 is 1.96 bits per heavy atom. The monoisotopic (exact) mass is 365 g/mol. The van der Waals surface area contributed by atoms with Gasteiger partial charge in [-0.2, -0.15) is 5.10 Å².